The lowest BCUT2D eigenvalue weighted by molar-refractivity contribution is -0.111. The Hall–Kier alpha value is -4.94. The van der Waals surface area contributed by atoms with Gasteiger partial charge in [-0.1, -0.05) is 6.58 Å². The number of aliphatic hydroxyl groups excluding tert-OH is 1. The first-order chi connectivity index (χ1) is 21.3. The molecule has 4 aromatic rings. The second kappa shape index (κ2) is 15.0. The van der Waals surface area contributed by atoms with Crippen molar-refractivity contribution in [1.29, 1.82) is 0 Å². The fraction of sp³-hybridized carbons (Fsp3) is 0.312. The van der Waals surface area contributed by atoms with Gasteiger partial charge >= 0.3 is 0 Å². The fourth-order valence-corrected chi connectivity index (χ4v) is 4.51. The number of H-pyrrole nitrogens is 1. The van der Waals surface area contributed by atoms with Gasteiger partial charge in [0.25, 0.3) is 0 Å². The number of nitrogens with one attached hydrogen (secondary N) is 3. The molecule has 0 aliphatic carbocycles. The maximum atomic E-state index is 12.3. The number of carbonyl (C=O) groups is 1. The van der Waals surface area contributed by atoms with Crippen LogP contribution in [0.2, 0.25) is 0 Å². The summed E-state index contributed by atoms with van der Waals surface area (Å²) in [6, 6.07) is 13.1. The average molecular weight is 601 g/mol. The number of rotatable bonds is 15. The number of carbonyl (C=O) groups excluding carboxylic acids is 1. The highest BCUT2D eigenvalue weighted by molar-refractivity contribution is 6.02. The molecule has 12 heteroatoms. The number of aromatic nitrogens is 4. The lowest BCUT2D eigenvalue weighted by Gasteiger charge is -2.26. The van der Waals surface area contributed by atoms with Crippen LogP contribution in [-0.2, 0) is 11.2 Å². The van der Waals surface area contributed by atoms with Crippen LogP contribution >= 0.6 is 0 Å². The van der Waals surface area contributed by atoms with Crippen molar-refractivity contribution >= 4 is 28.9 Å². The molecule has 0 spiro atoms. The summed E-state index contributed by atoms with van der Waals surface area (Å²) >= 11 is 0. The van der Waals surface area contributed by atoms with Gasteiger partial charge in [0, 0.05) is 51.0 Å². The zero-order chi connectivity index (χ0) is 31.6. The summed E-state index contributed by atoms with van der Waals surface area (Å²) in [5.41, 5.74) is 4.89. The average Bonchev–Trinajstić information content (AvgIpc) is 3.47. The molecule has 12 nitrogen and oxygen atoms in total. The highest BCUT2D eigenvalue weighted by atomic mass is 16.5. The van der Waals surface area contributed by atoms with E-state index in [-0.39, 0.29) is 12.5 Å². The van der Waals surface area contributed by atoms with Gasteiger partial charge in [-0.15, -0.1) is 0 Å². The molecule has 2 aromatic carbocycles. The molecule has 0 aliphatic rings. The van der Waals surface area contributed by atoms with E-state index in [4.69, 9.17) is 19.4 Å². The third kappa shape index (κ3) is 7.91. The van der Waals surface area contributed by atoms with Crippen LogP contribution in [0.3, 0.4) is 0 Å². The van der Waals surface area contributed by atoms with Crippen LogP contribution in [0.5, 0.6) is 11.5 Å². The van der Waals surface area contributed by atoms with E-state index in [1.807, 2.05) is 51.5 Å². The Bertz CT molecular complexity index is 1570. The van der Waals surface area contributed by atoms with Gasteiger partial charge < -0.3 is 40.0 Å². The first-order valence-electron chi connectivity index (χ1n) is 14.2. The van der Waals surface area contributed by atoms with E-state index in [2.05, 4.69) is 37.0 Å². The summed E-state index contributed by atoms with van der Waals surface area (Å²) < 4.78 is 11.1. The van der Waals surface area contributed by atoms with Crippen LogP contribution in [-0.4, -0.2) is 90.9 Å². The smallest absolute Gasteiger partial charge is 0.247 e. The number of ether oxygens (including phenoxy) is 2. The number of amides is 1. The molecule has 4 rings (SSSR count). The zero-order valence-corrected chi connectivity index (χ0v) is 25.8. The fourth-order valence-electron chi connectivity index (χ4n) is 4.51. The van der Waals surface area contributed by atoms with Gasteiger partial charge in [-0.05, 0) is 63.0 Å². The second-order valence-corrected chi connectivity index (χ2v) is 10.3. The number of aryl methyl sites for hydroxylation is 1. The van der Waals surface area contributed by atoms with E-state index in [9.17, 15) is 9.90 Å². The molecule has 232 valence electrons. The molecular weight excluding hydrogens is 560 g/mol. The van der Waals surface area contributed by atoms with Gasteiger partial charge in [0.1, 0.15) is 17.3 Å². The van der Waals surface area contributed by atoms with E-state index in [0.717, 1.165) is 47.3 Å². The van der Waals surface area contributed by atoms with E-state index in [1.165, 1.54) is 6.08 Å². The molecule has 0 bridgehead atoms. The van der Waals surface area contributed by atoms with Crippen LogP contribution in [0, 0.1) is 0 Å². The second-order valence-electron chi connectivity index (χ2n) is 10.3. The number of aromatic amines is 1. The molecule has 0 saturated heterocycles. The van der Waals surface area contributed by atoms with Crippen molar-refractivity contribution in [2.24, 2.45) is 0 Å². The van der Waals surface area contributed by atoms with Crippen molar-refractivity contribution in [1.82, 2.24) is 24.8 Å². The van der Waals surface area contributed by atoms with E-state index in [1.54, 1.807) is 32.5 Å². The number of nitrogens with zero attached hydrogens (tertiary/aromatic N) is 5. The minimum absolute atomic E-state index is 0.0663. The number of hydrogen-bond acceptors (Lipinski definition) is 10. The lowest BCUT2D eigenvalue weighted by Crippen LogP contribution is -2.29. The molecular formula is C32H40N8O4. The van der Waals surface area contributed by atoms with E-state index < -0.39 is 0 Å². The summed E-state index contributed by atoms with van der Waals surface area (Å²) in [5, 5.41) is 15.5. The van der Waals surface area contributed by atoms with Crippen molar-refractivity contribution < 1.29 is 19.4 Å². The Balaban J connectivity index is 1.72. The van der Waals surface area contributed by atoms with Crippen molar-refractivity contribution in [3.63, 3.8) is 0 Å². The van der Waals surface area contributed by atoms with Gasteiger partial charge in [0.2, 0.25) is 11.9 Å². The topological polar surface area (TPSA) is 141 Å². The van der Waals surface area contributed by atoms with Crippen LogP contribution in [0.15, 0.2) is 61.3 Å². The molecule has 2 aromatic heterocycles. The quantitative estimate of drug-likeness (QED) is 0.146. The van der Waals surface area contributed by atoms with Gasteiger partial charge in [0.15, 0.2) is 0 Å². The highest BCUT2D eigenvalue weighted by Crippen LogP contribution is 2.38. The maximum Gasteiger partial charge on any atom is 0.247 e. The standard InChI is InChI=1S/C32H40N8O4/c1-7-29(42)34-24-19-25(27(44-6)20-26(24)40(4)17-16-39(2)3)36-32-33-15-14-23(35-32)31-30(37-28(38-31)9-8-18-41)21-10-12-22(43-5)13-11-21/h7,10-15,19-20,41H,1,8-9,16-18H2,2-6H3,(H,34,42)(H,37,38)(H,33,35,36). The molecule has 0 fully saturated rings. The Morgan fingerprint density at radius 2 is 1.82 bits per heavy atom. The first-order valence-corrected chi connectivity index (χ1v) is 14.2. The number of hydrogen-bond donors (Lipinski definition) is 4. The van der Waals surface area contributed by atoms with Crippen LogP contribution in [0.4, 0.5) is 23.0 Å². The van der Waals surface area contributed by atoms with E-state index in [0.29, 0.717) is 41.6 Å². The summed E-state index contributed by atoms with van der Waals surface area (Å²) in [4.78, 5) is 33.9. The zero-order valence-electron chi connectivity index (χ0n) is 25.8. The van der Waals surface area contributed by atoms with Crippen molar-refractivity contribution in [2.45, 2.75) is 12.8 Å². The van der Waals surface area contributed by atoms with Gasteiger partial charge in [-0.2, -0.15) is 0 Å². The Morgan fingerprint density at radius 3 is 2.48 bits per heavy atom. The predicted molar refractivity (Wildman–Crippen MR) is 174 cm³/mol. The van der Waals surface area contributed by atoms with Gasteiger partial charge in [-0.25, -0.2) is 15.0 Å². The Morgan fingerprint density at radius 1 is 1.05 bits per heavy atom. The summed E-state index contributed by atoms with van der Waals surface area (Å²) in [6.45, 7) is 5.21. The minimum atomic E-state index is -0.330. The molecule has 4 N–H and O–H groups in total. The van der Waals surface area contributed by atoms with Crippen molar-refractivity contribution in [3.8, 4) is 34.1 Å². The number of likely N-dealkylation sites (N-methyl/N-ethyl adjacent to an activating group) is 2. The molecule has 0 saturated carbocycles. The SMILES string of the molecule is C=CC(=O)Nc1cc(Nc2nccc(-c3[nH]c(CCCO)nc3-c3ccc(OC)cc3)n2)c(OC)cc1N(C)CCN(C)C. The molecule has 0 unspecified atom stereocenters. The molecule has 0 radical (unpaired) electrons. The normalized spacial score (nSPS) is 10.9. The van der Waals surface area contributed by atoms with Crippen molar-refractivity contribution in [3.05, 3.63) is 67.1 Å². The molecule has 44 heavy (non-hydrogen) atoms. The Kier molecular flexibility index (Phi) is 10.9. The third-order valence-corrected chi connectivity index (χ3v) is 6.90. The summed E-state index contributed by atoms with van der Waals surface area (Å²) in [5.74, 6) is 2.03. The summed E-state index contributed by atoms with van der Waals surface area (Å²) in [7, 11) is 9.19. The van der Waals surface area contributed by atoms with Gasteiger partial charge in [0.05, 0.1) is 48.4 Å². The first kappa shape index (κ1) is 32.0. The number of benzene rings is 2. The lowest BCUT2D eigenvalue weighted by atomic mass is 10.1. The third-order valence-electron chi connectivity index (χ3n) is 6.90. The highest BCUT2D eigenvalue weighted by Gasteiger charge is 2.19. The molecule has 0 atom stereocenters. The maximum absolute atomic E-state index is 12.3. The van der Waals surface area contributed by atoms with E-state index >= 15 is 0 Å². The summed E-state index contributed by atoms with van der Waals surface area (Å²) in [6.07, 6.45) is 4.05. The minimum Gasteiger partial charge on any atom is -0.497 e. The molecule has 2 heterocycles. The molecule has 0 aliphatic heterocycles. The largest absolute Gasteiger partial charge is 0.497 e. The van der Waals surface area contributed by atoms with Crippen LogP contribution in [0.1, 0.15) is 12.2 Å². The molecule has 1 amide bonds. The number of aliphatic hydroxyl groups is 1. The van der Waals surface area contributed by atoms with Gasteiger partial charge in [-0.3, -0.25) is 4.79 Å². The monoisotopic (exact) mass is 600 g/mol. The number of imidazole rings is 1. The van der Waals surface area contributed by atoms with Crippen molar-refractivity contribution in [2.75, 3.05) is 70.6 Å². The Labute approximate surface area is 257 Å². The van der Waals surface area contributed by atoms with Crippen LogP contribution < -0.4 is 25.0 Å². The predicted octanol–water partition coefficient (Wildman–Crippen LogP) is 4.34. The number of anilines is 4. The number of methoxy groups -OCH3 is 2. The van der Waals surface area contributed by atoms with Crippen LogP contribution in [0.25, 0.3) is 22.6 Å².